The summed E-state index contributed by atoms with van der Waals surface area (Å²) < 4.78 is 4.51. The van der Waals surface area contributed by atoms with Gasteiger partial charge in [-0.2, -0.15) is 0 Å². The number of rotatable bonds is 3. The largest absolute Gasteiger partial charge is 0.481 e. The highest BCUT2D eigenvalue weighted by Crippen LogP contribution is 2.48. The Balaban J connectivity index is 2.15. The Bertz CT molecular complexity index is 341. The molecule has 1 heterocycles. The summed E-state index contributed by atoms with van der Waals surface area (Å²) >= 11 is 0. The molecule has 0 bridgehead atoms. The predicted octanol–water partition coefficient (Wildman–Crippen LogP) is 0.785. The fourth-order valence-corrected chi connectivity index (χ4v) is 1.35. The molecule has 1 saturated carbocycles. The van der Waals surface area contributed by atoms with Gasteiger partial charge in [-0.3, -0.25) is 4.79 Å². The molecule has 1 aromatic heterocycles. The van der Waals surface area contributed by atoms with Gasteiger partial charge in [0.2, 0.25) is 0 Å². The van der Waals surface area contributed by atoms with Gasteiger partial charge in [-0.25, -0.2) is 4.63 Å². The Kier molecular flexibility index (Phi) is 1.61. The second-order valence-electron chi connectivity index (χ2n) is 3.56. The first-order chi connectivity index (χ1) is 6.14. The lowest BCUT2D eigenvalue weighted by molar-refractivity contribution is -0.143. The maximum Gasteiger partial charge on any atom is 0.310 e. The van der Waals surface area contributed by atoms with Crippen LogP contribution in [0.4, 0.5) is 0 Å². The smallest absolute Gasteiger partial charge is 0.310 e. The molecular weight excluding hydrogens is 172 g/mol. The van der Waals surface area contributed by atoms with Gasteiger partial charge in [0.15, 0.2) is 0 Å². The zero-order chi connectivity index (χ0) is 9.47. The number of carboxylic acid groups (broad SMARTS) is 1. The lowest BCUT2D eigenvalue weighted by Crippen LogP contribution is -2.18. The van der Waals surface area contributed by atoms with E-state index in [-0.39, 0.29) is 0 Å². The van der Waals surface area contributed by atoms with Crippen LogP contribution in [-0.4, -0.2) is 21.4 Å². The average Bonchev–Trinajstić information content (AvgIpc) is 2.74. The topological polar surface area (TPSA) is 76.2 Å². The van der Waals surface area contributed by atoms with E-state index in [2.05, 4.69) is 14.9 Å². The van der Waals surface area contributed by atoms with Gasteiger partial charge in [0, 0.05) is 6.42 Å². The van der Waals surface area contributed by atoms with Crippen LogP contribution in [0, 0.1) is 12.3 Å². The number of aromatic nitrogens is 2. The van der Waals surface area contributed by atoms with Crippen molar-refractivity contribution >= 4 is 5.97 Å². The van der Waals surface area contributed by atoms with Crippen LogP contribution >= 0.6 is 0 Å². The number of nitrogens with zero attached hydrogens (tertiary/aromatic N) is 2. The molecular formula is C8H10N2O3. The highest BCUT2D eigenvalue weighted by atomic mass is 16.6. The van der Waals surface area contributed by atoms with Crippen LogP contribution in [0.25, 0.3) is 0 Å². The summed E-state index contributed by atoms with van der Waals surface area (Å²) in [6.07, 6.45) is 1.90. The van der Waals surface area contributed by atoms with Gasteiger partial charge < -0.3 is 5.11 Å². The third-order valence-electron chi connectivity index (χ3n) is 2.56. The highest BCUT2D eigenvalue weighted by molar-refractivity contribution is 5.78. The quantitative estimate of drug-likeness (QED) is 0.747. The number of aliphatic carboxylic acids is 1. The van der Waals surface area contributed by atoms with E-state index in [9.17, 15) is 4.79 Å². The molecule has 1 aromatic rings. The van der Waals surface area contributed by atoms with Crippen molar-refractivity contribution in [2.45, 2.75) is 26.2 Å². The van der Waals surface area contributed by atoms with Gasteiger partial charge >= 0.3 is 5.97 Å². The van der Waals surface area contributed by atoms with E-state index in [1.807, 2.05) is 0 Å². The molecule has 0 spiro atoms. The molecule has 5 heteroatoms. The van der Waals surface area contributed by atoms with E-state index in [0.717, 1.165) is 12.8 Å². The summed E-state index contributed by atoms with van der Waals surface area (Å²) in [6.45, 7) is 1.77. The molecule has 2 rings (SSSR count). The highest BCUT2D eigenvalue weighted by Gasteiger charge is 2.50. The fourth-order valence-electron chi connectivity index (χ4n) is 1.35. The lowest BCUT2D eigenvalue weighted by atomic mass is 10.00. The molecule has 0 atom stereocenters. The summed E-state index contributed by atoms with van der Waals surface area (Å²) in [6, 6.07) is 0. The van der Waals surface area contributed by atoms with Crippen molar-refractivity contribution in [1.29, 1.82) is 0 Å². The van der Waals surface area contributed by atoms with Crippen LogP contribution in [0.5, 0.6) is 0 Å². The van der Waals surface area contributed by atoms with Gasteiger partial charge in [-0.05, 0) is 19.8 Å². The van der Waals surface area contributed by atoms with Crippen molar-refractivity contribution in [2.75, 3.05) is 0 Å². The predicted molar refractivity (Wildman–Crippen MR) is 42.0 cm³/mol. The second kappa shape index (κ2) is 2.55. The molecule has 0 aliphatic heterocycles. The van der Waals surface area contributed by atoms with E-state index in [0.29, 0.717) is 17.8 Å². The van der Waals surface area contributed by atoms with E-state index >= 15 is 0 Å². The van der Waals surface area contributed by atoms with Crippen molar-refractivity contribution in [3.63, 3.8) is 0 Å². The maximum atomic E-state index is 10.8. The molecule has 1 fully saturated rings. The number of hydrogen-bond donors (Lipinski definition) is 1. The molecule has 1 aliphatic rings. The molecule has 0 saturated heterocycles. The van der Waals surface area contributed by atoms with Crippen LogP contribution in [0.2, 0.25) is 0 Å². The van der Waals surface area contributed by atoms with E-state index in [1.54, 1.807) is 6.92 Å². The fraction of sp³-hybridized carbons (Fsp3) is 0.625. The molecule has 13 heavy (non-hydrogen) atoms. The maximum absolute atomic E-state index is 10.8. The minimum atomic E-state index is -0.741. The number of carbonyl (C=O) groups is 1. The van der Waals surface area contributed by atoms with E-state index in [1.165, 1.54) is 0 Å². The summed E-state index contributed by atoms with van der Waals surface area (Å²) in [5, 5.41) is 16.2. The van der Waals surface area contributed by atoms with Crippen LogP contribution in [0.1, 0.15) is 24.2 Å². The zero-order valence-electron chi connectivity index (χ0n) is 7.28. The summed E-state index contributed by atoms with van der Waals surface area (Å²) in [4.78, 5) is 10.8. The molecule has 1 N–H and O–H groups in total. The standard InChI is InChI=1S/C8H10N2O3/c1-5-6(10-13-9-5)4-8(2-3-8)7(11)12/h2-4H2,1H3,(H,11,12). The normalized spacial score (nSPS) is 18.5. The van der Waals surface area contributed by atoms with Gasteiger partial charge in [-0.1, -0.05) is 10.3 Å². The first-order valence-electron chi connectivity index (χ1n) is 4.15. The Morgan fingerprint density at radius 3 is 2.69 bits per heavy atom. The molecule has 70 valence electrons. The first-order valence-corrected chi connectivity index (χ1v) is 4.15. The molecule has 5 nitrogen and oxygen atoms in total. The van der Waals surface area contributed by atoms with Crippen molar-refractivity contribution in [3.05, 3.63) is 11.4 Å². The average molecular weight is 182 g/mol. The molecule has 0 radical (unpaired) electrons. The minimum Gasteiger partial charge on any atom is -0.481 e. The third kappa shape index (κ3) is 1.30. The Morgan fingerprint density at radius 1 is 1.62 bits per heavy atom. The van der Waals surface area contributed by atoms with Gasteiger partial charge in [0.05, 0.1) is 5.41 Å². The van der Waals surface area contributed by atoms with Crippen LogP contribution in [0.15, 0.2) is 4.63 Å². The summed E-state index contributed by atoms with van der Waals surface area (Å²) in [7, 11) is 0. The van der Waals surface area contributed by atoms with Gasteiger partial charge in [0.25, 0.3) is 0 Å². The monoisotopic (exact) mass is 182 g/mol. The van der Waals surface area contributed by atoms with Crippen LogP contribution < -0.4 is 0 Å². The third-order valence-corrected chi connectivity index (χ3v) is 2.56. The number of aryl methyl sites for hydroxylation is 1. The molecule has 0 unspecified atom stereocenters. The minimum absolute atomic E-state index is 0.442. The first kappa shape index (κ1) is 8.22. The summed E-state index contributed by atoms with van der Waals surface area (Å²) in [5.41, 5.74) is 0.774. The second-order valence-corrected chi connectivity index (χ2v) is 3.56. The van der Waals surface area contributed by atoms with Crippen LogP contribution in [0.3, 0.4) is 0 Å². The SMILES string of the molecule is Cc1nonc1CC1(C(=O)O)CC1. The van der Waals surface area contributed by atoms with E-state index < -0.39 is 11.4 Å². The van der Waals surface area contributed by atoms with E-state index in [4.69, 9.17) is 5.11 Å². The van der Waals surface area contributed by atoms with Crippen molar-refractivity contribution in [3.8, 4) is 0 Å². The van der Waals surface area contributed by atoms with Gasteiger partial charge in [0.1, 0.15) is 11.4 Å². The van der Waals surface area contributed by atoms with Crippen LogP contribution in [-0.2, 0) is 11.2 Å². The lowest BCUT2D eigenvalue weighted by Gasteiger charge is -2.05. The Hall–Kier alpha value is -1.39. The number of carboxylic acids is 1. The molecule has 1 aliphatic carbocycles. The van der Waals surface area contributed by atoms with Crippen molar-refractivity contribution in [1.82, 2.24) is 10.3 Å². The van der Waals surface area contributed by atoms with Crippen molar-refractivity contribution < 1.29 is 14.5 Å². The molecule has 0 amide bonds. The summed E-state index contributed by atoms with van der Waals surface area (Å²) in [5.74, 6) is -0.741. The van der Waals surface area contributed by atoms with Gasteiger partial charge in [-0.15, -0.1) is 0 Å². The Labute approximate surface area is 74.7 Å². The zero-order valence-corrected chi connectivity index (χ0v) is 7.28. The number of hydrogen-bond acceptors (Lipinski definition) is 4. The Morgan fingerprint density at radius 2 is 2.31 bits per heavy atom. The van der Waals surface area contributed by atoms with Crippen molar-refractivity contribution in [2.24, 2.45) is 5.41 Å². The molecule has 0 aromatic carbocycles.